The molecular weight excluding hydrogens is 366 g/mol. The zero-order valence-electron chi connectivity index (χ0n) is 14.6. The molecule has 1 aliphatic rings. The van der Waals surface area contributed by atoms with Gasteiger partial charge in [-0.25, -0.2) is 0 Å². The highest BCUT2D eigenvalue weighted by Crippen LogP contribution is 2.30. The third kappa shape index (κ3) is 3.41. The van der Waals surface area contributed by atoms with Crippen LogP contribution in [-0.4, -0.2) is 32.8 Å². The Hall–Kier alpha value is -2.12. The van der Waals surface area contributed by atoms with Gasteiger partial charge in [-0.2, -0.15) is 0 Å². The predicted octanol–water partition coefficient (Wildman–Crippen LogP) is 4.17. The van der Waals surface area contributed by atoms with Gasteiger partial charge >= 0.3 is 0 Å². The second-order valence-corrected chi connectivity index (χ2v) is 8.62. The Kier molecular flexibility index (Phi) is 4.82. The van der Waals surface area contributed by atoms with E-state index < -0.39 is 0 Å². The predicted molar refractivity (Wildman–Crippen MR) is 103 cm³/mol. The number of aromatic nitrogens is 2. The van der Waals surface area contributed by atoms with Gasteiger partial charge < -0.3 is 9.32 Å². The molecule has 0 saturated heterocycles. The first kappa shape index (κ1) is 17.3. The molecule has 0 saturated carbocycles. The minimum absolute atomic E-state index is 0.113. The lowest BCUT2D eigenvalue weighted by Crippen LogP contribution is -2.39. The minimum Gasteiger partial charge on any atom is -0.411 e. The summed E-state index contributed by atoms with van der Waals surface area (Å²) in [5.74, 6) is 0.605. The van der Waals surface area contributed by atoms with Crippen molar-refractivity contribution in [2.24, 2.45) is 0 Å². The molecule has 134 valence electrons. The molecule has 0 fully saturated rings. The number of aryl methyl sites for hydroxylation is 1. The Bertz CT molecular complexity index is 934. The highest BCUT2D eigenvalue weighted by atomic mass is 32.2. The lowest BCUT2D eigenvalue weighted by molar-refractivity contribution is -0.131. The molecule has 4 rings (SSSR count). The van der Waals surface area contributed by atoms with Crippen molar-refractivity contribution in [2.45, 2.75) is 37.3 Å². The smallest absolute Gasteiger partial charge is 0.277 e. The zero-order chi connectivity index (χ0) is 18.1. The average Bonchev–Trinajstić information content (AvgIpc) is 3.30. The zero-order valence-corrected chi connectivity index (χ0v) is 16.3. The van der Waals surface area contributed by atoms with Crippen LogP contribution in [0.5, 0.6) is 0 Å². The molecule has 1 unspecified atom stereocenters. The van der Waals surface area contributed by atoms with Crippen molar-refractivity contribution in [3.05, 3.63) is 51.7 Å². The first-order valence-electron chi connectivity index (χ1n) is 8.52. The number of benzene rings is 1. The third-order valence-corrected chi connectivity index (χ3v) is 6.47. The van der Waals surface area contributed by atoms with E-state index in [4.69, 9.17) is 4.42 Å². The molecule has 2 aromatic heterocycles. The quantitative estimate of drug-likeness (QED) is 0.631. The van der Waals surface area contributed by atoms with Crippen LogP contribution in [0.15, 0.2) is 45.4 Å². The topological polar surface area (TPSA) is 59.2 Å². The van der Waals surface area contributed by atoms with E-state index in [2.05, 4.69) is 21.6 Å². The Morgan fingerprint density at radius 1 is 1.31 bits per heavy atom. The van der Waals surface area contributed by atoms with E-state index in [1.807, 2.05) is 43.0 Å². The molecule has 1 aliphatic heterocycles. The number of fused-ring (bicyclic) bond motifs is 1. The Labute approximate surface area is 160 Å². The molecule has 1 aromatic carbocycles. The third-order valence-electron chi connectivity index (χ3n) is 4.53. The van der Waals surface area contributed by atoms with Gasteiger partial charge in [0.2, 0.25) is 11.8 Å². The van der Waals surface area contributed by atoms with Crippen LogP contribution in [0.25, 0.3) is 11.5 Å². The first-order chi connectivity index (χ1) is 12.6. The van der Waals surface area contributed by atoms with Crippen molar-refractivity contribution in [1.82, 2.24) is 15.1 Å². The van der Waals surface area contributed by atoms with Crippen molar-refractivity contribution in [3.63, 3.8) is 0 Å². The van der Waals surface area contributed by atoms with E-state index in [9.17, 15) is 4.79 Å². The summed E-state index contributed by atoms with van der Waals surface area (Å²) in [5.41, 5.74) is 3.27. The number of rotatable bonds is 4. The average molecular weight is 386 g/mol. The van der Waals surface area contributed by atoms with Crippen LogP contribution in [0.4, 0.5) is 0 Å². The van der Waals surface area contributed by atoms with E-state index in [-0.39, 0.29) is 11.2 Å². The van der Waals surface area contributed by atoms with Crippen molar-refractivity contribution >= 4 is 29.0 Å². The van der Waals surface area contributed by atoms with E-state index in [1.54, 1.807) is 11.3 Å². The van der Waals surface area contributed by atoms with Gasteiger partial charge in [-0.3, -0.25) is 4.79 Å². The molecule has 0 aliphatic carbocycles. The highest BCUT2D eigenvalue weighted by molar-refractivity contribution is 8.00. The Morgan fingerprint density at radius 3 is 3.00 bits per heavy atom. The minimum atomic E-state index is -0.264. The number of hydrogen-bond acceptors (Lipinski definition) is 6. The van der Waals surface area contributed by atoms with Crippen LogP contribution in [-0.2, 0) is 17.8 Å². The molecule has 0 bridgehead atoms. The van der Waals surface area contributed by atoms with Crippen LogP contribution in [0.3, 0.4) is 0 Å². The van der Waals surface area contributed by atoms with Gasteiger partial charge in [0.15, 0.2) is 0 Å². The number of thiophene rings is 1. The fourth-order valence-electron chi connectivity index (χ4n) is 3.07. The summed E-state index contributed by atoms with van der Waals surface area (Å²) in [5, 5.41) is 10.5. The van der Waals surface area contributed by atoms with Crippen LogP contribution < -0.4 is 0 Å². The molecule has 7 heteroatoms. The maximum atomic E-state index is 12.8. The standard InChI is InChI=1S/C19H19N3O2S2/c1-12-5-3-4-6-15(12)17-20-21-19(24-17)26-13(2)18(23)22-9-7-16-14(11-22)8-10-25-16/h3-6,8,10,13H,7,9,11H2,1-2H3. The largest absolute Gasteiger partial charge is 0.411 e. The van der Waals surface area contributed by atoms with Crippen molar-refractivity contribution < 1.29 is 9.21 Å². The summed E-state index contributed by atoms with van der Waals surface area (Å²) in [6, 6.07) is 10.00. The second-order valence-electron chi connectivity index (χ2n) is 6.33. The van der Waals surface area contributed by atoms with Gasteiger partial charge in [0.25, 0.3) is 5.22 Å². The molecular formula is C19H19N3O2S2. The molecule has 0 radical (unpaired) electrons. The summed E-state index contributed by atoms with van der Waals surface area (Å²) in [4.78, 5) is 16.1. The van der Waals surface area contributed by atoms with Crippen molar-refractivity contribution in [3.8, 4) is 11.5 Å². The lowest BCUT2D eigenvalue weighted by atomic mass is 10.1. The first-order valence-corrected chi connectivity index (χ1v) is 10.3. The number of carbonyl (C=O) groups is 1. The van der Waals surface area contributed by atoms with Gasteiger partial charge in [-0.1, -0.05) is 30.0 Å². The van der Waals surface area contributed by atoms with Gasteiger partial charge in [0.1, 0.15) is 0 Å². The van der Waals surface area contributed by atoms with Gasteiger partial charge in [0.05, 0.1) is 5.25 Å². The molecule has 1 atom stereocenters. The van der Waals surface area contributed by atoms with Crippen LogP contribution in [0.1, 0.15) is 22.9 Å². The number of hydrogen-bond donors (Lipinski definition) is 0. The molecule has 3 heterocycles. The number of amides is 1. The molecule has 0 N–H and O–H groups in total. The lowest BCUT2D eigenvalue weighted by Gasteiger charge is -2.28. The number of carbonyl (C=O) groups excluding carboxylic acids is 1. The van der Waals surface area contributed by atoms with Crippen molar-refractivity contribution in [2.75, 3.05) is 6.54 Å². The molecule has 26 heavy (non-hydrogen) atoms. The van der Waals surface area contributed by atoms with Gasteiger partial charge in [0, 0.05) is 23.5 Å². The second kappa shape index (κ2) is 7.25. The maximum Gasteiger partial charge on any atom is 0.277 e. The fourth-order valence-corrected chi connectivity index (χ4v) is 4.73. The molecule has 1 amide bonds. The summed E-state index contributed by atoms with van der Waals surface area (Å²) >= 11 is 3.10. The van der Waals surface area contributed by atoms with E-state index >= 15 is 0 Å². The van der Waals surface area contributed by atoms with Crippen molar-refractivity contribution in [1.29, 1.82) is 0 Å². The molecule has 5 nitrogen and oxygen atoms in total. The highest BCUT2D eigenvalue weighted by Gasteiger charge is 2.27. The molecule has 0 spiro atoms. The summed E-state index contributed by atoms with van der Waals surface area (Å²) in [7, 11) is 0. The van der Waals surface area contributed by atoms with Crippen LogP contribution in [0.2, 0.25) is 0 Å². The van der Waals surface area contributed by atoms with E-state index in [1.165, 1.54) is 22.2 Å². The maximum absolute atomic E-state index is 12.8. The SMILES string of the molecule is Cc1ccccc1-c1nnc(SC(C)C(=O)N2CCc3sccc3C2)o1. The van der Waals surface area contributed by atoms with E-state index in [0.29, 0.717) is 17.7 Å². The van der Waals surface area contributed by atoms with Gasteiger partial charge in [-0.05, 0) is 48.9 Å². The summed E-state index contributed by atoms with van der Waals surface area (Å²) in [6.07, 6.45) is 0.939. The Balaban J connectivity index is 1.43. The van der Waals surface area contributed by atoms with Gasteiger partial charge in [-0.15, -0.1) is 21.5 Å². The van der Waals surface area contributed by atoms with Crippen LogP contribution >= 0.6 is 23.1 Å². The normalized spacial score (nSPS) is 14.9. The fraction of sp³-hybridized carbons (Fsp3) is 0.316. The summed E-state index contributed by atoms with van der Waals surface area (Å²) in [6.45, 7) is 5.37. The number of thioether (sulfide) groups is 1. The Morgan fingerprint density at radius 2 is 2.15 bits per heavy atom. The van der Waals surface area contributed by atoms with Crippen LogP contribution in [0, 0.1) is 6.92 Å². The number of nitrogens with zero attached hydrogens (tertiary/aromatic N) is 3. The summed E-state index contributed by atoms with van der Waals surface area (Å²) < 4.78 is 5.77. The monoisotopic (exact) mass is 385 g/mol. The molecule has 3 aromatic rings. The van der Waals surface area contributed by atoms with E-state index in [0.717, 1.165) is 24.1 Å².